The van der Waals surface area contributed by atoms with Gasteiger partial charge in [0, 0.05) is 6.92 Å². The van der Waals surface area contributed by atoms with Gasteiger partial charge in [0.25, 0.3) is 0 Å². The van der Waals surface area contributed by atoms with E-state index in [4.69, 9.17) is 0 Å². The fourth-order valence-electron chi connectivity index (χ4n) is 1.02. The van der Waals surface area contributed by atoms with Crippen molar-refractivity contribution in [3.05, 3.63) is 17.5 Å². The highest BCUT2D eigenvalue weighted by molar-refractivity contribution is 6.99. The van der Waals surface area contributed by atoms with Crippen LogP contribution in [0.25, 0.3) is 6.08 Å². The number of ketones is 1. The summed E-state index contributed by atoms with van der Waals surface area (Å²) in [5.41, 5.74) is 0.927. The van der Waals surface area contributed by atoms with E-state index < -0.39 is 5.97 Å². The molecule has 1 aliphatic rings. The number of hydrogen-bond donors (Lipinski definition) is 0. The molecule has 1 heterocycles. The van der Waals surface area contributed by atoms with Gasteiger partial charge < -0.3 is 4.84 Å². The van der Waals surface area contributed by atoms with Crippen molar-refractivity contribution in [3.8, 4) is 0 Å². The van der Waals surface area contributed by atoms with Crippen LogP contribution >= 0.6 is 11.7 Å². The van der Waals surface area contributed by atoms with Crippen molar-refractivity contribution in [2.24, 2.45) is 5.16 Å². The van der Waals surface area contributed by atoms with Crippen molar-refractivity contribution >= 4 is 35.3 Å². The molecule has 7 heteroatoms. The number of carbonyl (C=O) groups excluding carboxylic acids is 2. The number of hydrogen-bond acceptors (Lipinski definition) is 7. The summed E-state index contributed by atoms with van der Waals surface area (Å²) in [6.45, 7) is 1.20. The van der Waals surface area contributed by atoms with Crippen LogP contribution in [0.1, 0.15) is 18.3 Å². The highest BCUT2D eigenvalue weighted by Gasteiger charge is 2.23. The third-order valence-electron chi connectivity index (χ3n) is 1.63. The Labute approximate surface area is 88.6 Å². The summed E-state index contributed by atoms with van der Waals surface area (Å²) < 4.78 is 7.84. The summed E-state index contributed by atoms with van der Waals surface area (Å²) >= 11 is 0.971. The van der Waals surface area contributed by atoms with Gasteiger partial charge in [-0.3, -0.25) is 4.79 Å². The monoisotopic (exact) mass is 223 g/mol. The van der Waals surface area contributed by atoms with Gasteiger partial charge >= 0.3 is 5.97 Å². The number of allylic oxidation sites excluding steroid dienone is 1. The number of nitrogens with zero attached hydrogens (tertiary/aromatic N) is 3. The SMILES string of the molecule is CC(=O)O/N=C1/C(=O)C=Cc2nsnc21. The molecule has 1 aliphatic carbocycles. The van der Waals surface area contributed by atoms with E-state index in [9.17, 15) is 9.59 Å². The summed E-state index contributed by atoms with van der Waals surface area (Å²) in [6.07, 6.45) is 2.86. The van der Waals surface area contributed by atoms with E-state index in [-0.39, 0.29) is 11.5 Å². The Balaban J connectivity index is 2.40. The Bertz CT molecular complexity index is 489. The van der Waals surface area contributed by atoms with E-state index >= 15 is 0 Å². The minimum Gasteiger partial charge on any atom is -0.318 e. The lowest BCUT2D eigenvalue weighted by Gasteiger charge is -2.03. The standard InChI is InChI=1S/C8H5N3O3S/c1-4(12)14-9-8-6(13)3-2-5-7(8)11-15-10-5/h2-3H,1H3/b9-8-. The van der Waals surface area contributed by atoms with Crippen molar-refractivity contribution in [3.63, 3.8) is 0 Å². The molecule has 0 amide bonds. The van der Waals surface area contributed by atoms with Crippen molar-refractivity contribution in [1.29, 1.82) is 0 Å². The van der Waals surface area contributed by atoms with Gasteiger partial charge in [-0.25, -0.2) is 4.79 Å². The Morgan fingerprint density at radius 2 is 2.27 bits per heavy atom. The third-order valence-corrected chi connectivity index (χ3v) is 2.17. The van der Waals surface area contributed by atoms with Crippen LogP contribution < -0.4 is 0 Å². The predicted molar refractivity (Wildman–Crippen MR) is 52.3 cm³/mol. The van der Waals surface area contributed by atoms with Gasteiger partial charge in [0.15, 0.2) is 5.71 Å². The van der Waals surface area contributed by atoms with E-state index in [1.54, 1.807) is 6.08 Å². The topological polar surface area (TPSA) is 81.5 Å². The van der Waals surface area contributed by atoms with Crippen LogP contribution in [0.2, 0.25) is 0 Å². The second-order valence-corrected chi connectivity index (χ2v) is 3.25. The Kier molecular flexibility index (Phi) is 2.38. The van der Waals surface area contributed by atoms with E-state index in [0.717, 1.165) is 11.7 Å². The fourth-order valence-corrected chi connectivity index (χ4v) is 1.56. The average Bonchev–Trinajstić information content (AvgIpc) is 2.63. The highest BCUT2D eigenvalue weighted by Crippen LogP contribution is 2.15. The van der Waals surface area contributed by atoms with Gasteiger partial charge in [-0.1, -0.05) is 5.16 Å². The highest BCUT2D eigenvalue weighted by atomic mass is 32.1. The summed E-state index contributed by atoms with van der Waals surface area (Å²) in [5.74, 6) is -0.939. The normalized spacial score (nSPS) is 16.6. The average molecular weight is 223 g/mol. The Morgan fingerprint density at radius 1 is 1.47 bits per heavy atom. The lowest BCUT2D eigenvalue weighted by molar-refractivity contribution is -0.140. The molecule has 0 saturated heterocycles. The maximum atomic E-state index is 11.4. The molecule has 0 N–H and O–H groups in total. The minimum absolute atomic E-state index is 0.0106. The van der Waals surface area contributed by atoms with Crippen LogP contribution in [0.4, 0.5) is 0 Å². The zero-order valence-corrected chi connectivity index (χ0v) is 8.45. The quantitative estimate of drug-likeness (QED) is 0.508. The van der Waals surface area contributed by atoms with Crippen LogP contribution in [0, 0.1) is 0 Å². The van der Waals surface area contributed by atoms with Crippen molar-refractivity contribution < 1.29 is 14.4 Å². The van der Waals surface area contributed by atoms with Crippen molar-refractivity contribution in [2.45, 2.75) is 6.92 Å². The van der Waals surface area contributed by atoms with Gasteiger partial charge in [0.05, 0.1) is 11.7 Å². The minimum atomic E-state index is -0.588. The maximum absolute atomic E-state index is 11.4. The molecule has 0 aromatic carbocycles. The van der Waals surface area contributed by atoms with E-state index in [0.29, 0.717) is 11.4 Å². The first-order valence-electron chi connectivity index (χ1n) is 3.99. The van der Waals surface area contributed by atoms with Crippen LogP contribution in [0.15, 0.2) is 11.2 Å². The maximum Gasteiger partial charge on any atom is 0.332 e. The first-order valence-corrected chi connectivity index (χ1v) is 4.72. The van der Waals surface area contributed by atoms with E-state index in [1.807, 2.05) is 0 Å². The van der Waals surface area contributed by atoms with Gasteiger partial charge in [0.1, 0.15) is 11.4 Å². The second-order valence-electron chi connectivity index (χ2n) is 2.72. The van der Waals surface area contributed by atoms with Crippen molar-refractivity contribution in [2.75, 3.05) is 0 Å². The molecular formula is C8H5N3O3S. The second kappa shape index (κ2) is 3.70. The molecule has 0 radical (unpaired) electrons. The molecule has 0 unspecified atom stereocenters. The number of oxime groups is 1. The summed E-state index contributed by atoms with van der Waals surface area (Å²) in [5, 5.41) is 3.45. The molecule has 1 aromatic rings. The molecule has 76 valence electrons. The fraction of sp³-hybridized carbons (Fsp3) is 0.125. The number of fused-ring (bicyclic) bond motifs is 1. The first kappa shape index (κ1) is 9.66. The number of rotatable bonds is 1. The van der Waals surface area contributed by atoms with Gasteiger partial charge in [0.2, 0.25) is 5.78 Å². The van der Waals surface area contributed by atoms with Crippen LogP contribution in [0.5, 0.6) is 0 Å². The van der Waals surface area contributed by atoms with Crippen LogP contribution in [-0.2, 0) is 14.4 Å². The van der Waals surface area contributed by atoms with Gasteiger partial charge in [-0.05, 0) is 12.2 Å². The Hall–Kier alpha value is -1.89. The zero-order valence-electron chi connectivity index (χ0n) is 7.63. The third kappa shape index (κ3) is 1.82. The molecule has 0 aliphatic heterocycles. The molecular weight excluding hydrogens is 218 g/mol. The summed E-state index contributed by atoms with van der Waals surface area (Å²) in [6, 6.07) is 0. The first-order chi connectivity index (χ1) is 7.18. The summed E-state index contributed by atoms with van der Waals surface area (Å²) in [7, 11) is 0. The molecule has 0 saturated carbocycles. The predicted octanol–water partition coefficient (Wildman–Crippen LogP) is 0.401. The van der Waals surface area contributed by atoms with Crippen LogP contribution in [-0.4, -0.2) is 26.2 Å². The van der Waals surface area contributed by atoms with Gasteiger partial charge in [-0.15, -0.1) is 0 Å². The molecule has 1 aromatic heterocycles. The molecule has 0 fully saturated rings. The smallest absolute Gasteiger partial charge is 0.318 e. The summed E-state index contributed by atoms with van der Waals surface area (Å²) in [4.78, 5) is 26.4. The largest absolute Gasteiger partial charge is 0.332 e. The lowest BCUT2D eigenvalue weighted by Crippen LogP contribution is -2.18. The van der Waals surface area contributed by atoms with Crippen molar-refractivity contribution in [1.82, 2.24) is 8.75 Å². The molecule has 15 heavy (non-hydrogen) atoms. The molecule has 0 bridgehead atoms. The van der Waals surface area contributed by atoms with E-state index in [2.05, 4.69) is 18.7 Å². The van der Waals surface area contributed by atoms with Gasteiger partial charge in [-0.2, -0.15) is 8.75 Å². The molecule has 0 atom stereocenters. The number of carbonyl (C=O) groups is 2. The van der Waals surface area contributed by atoms with Crippen LogP contribution in [0.3, 0.4) is 0 Å². The molecule has 6 nitrogen and oxygen atoms in total. The molecule has 0 spiro atoms. The zero-order chi connectivity index (χ0) is 10.8. The number of aromatic nitrogens is 2. The Morgan fingerprint density at radius 3 is 3.00 bits per heavy atom. The lowest BCUT2D eigenvalue weighted by atomic mass is 10.1. The molecule has 2 rings (SSSR count). The van der Waals surface area contributed by atoms with E-state index in [1.165, 1.54) is 13.0 Å².